The molecule has 1 fully saturated rings. The number of hydrogen-bond donors (Lipinski definition) is 1. The van der Waals surface area contributed by atoms with Gasteiger partial charge >= 0.3 is 0 Å². The molecule has 0 spiro atoms. The minimum absolute atomic E-state index is 0.0149. The maximum Gasteiger partial charge on any atom is 0.230 e. The van der Waals surface area contributed by atoms with Crippen LogP contribution in [0.25, 0.3) is 4.96 Å². The summed E-state index contributed by atoms with van der Waals surface area (Å²) in [5.74, 6) is 1.38. The summed E-state index contributed by atoms with van der Waals surface area (Å²) in [5, 5.41) is 15.5. The Morgan fingerprint density at radius 3 is 2.24 bits per heavy atom. The number of fused-ring (bicyclic) bond motifs is 1. The first-order valence-electron chi connectivity index (χ1n) is 11.6. The van der Waals surface area contributed by atoms with E-state index in [0.29, 0.717) is 11.7 Å². The molecule has 2 aromatic heterocycles. The molecule has 172 valence electrons. The highest BCUT2D eigenvalue weighted by atomic mass is 32.1. The Morgan fingerprint density at radius 1 is 0.939 bits per heavy atom. The lowest BCUT2D eigenvalue weighted by atomic mass is 9.97. The molecule has 6 nitrogen and oxygen atoms in total. The van der Waals surface area contributed by atoms with Crippen LogP contribution in [0.2, 0.25) is 0 Å². The van der Waals surface area contributed by atoms with Gasteiger partial charge in [0.05, 0.1) is 10.9 Å². The zero-order valence-corrected chi connectivity index (χ0v) is 20.3. The molecule has 5 rings (SSSR count). The van der Waals surface area contributed by atoms with Gasteiger partial charge in [-0.05, 0) is 29.5 Å². The number of rotatable bonds is 6. The Morgan fingerprint density at radius 2 is 1.61 bits per heavy atom. The second kappa shape index (κ2) is 9.25. The highest BCUT2D eigenvalue weighted by Crippen LogP contribution is 2.40. The smallest absolute Gasteiger partial charge is 0.230 e. The lowest BCUT2D eigenvalue weighted by Crippen LogP contribution is -2.47. The van der Waals surface area contributed by atoms with E-state index < -0.39 is 0 Å². The Labute approximate surface area is 199 Å². The minimum Gasteiger partial charge on any atom is -0.492 e. The van der Waals surface area contributed by atoms with Crippen molar-refractivity contribution in [2.24, 2.45) is 0 Å². The molecule has 0 saturated carbocycles. The zero-order valence-electron chi connectivity index (χ0n) is 19.5. The van der Waals surface area contributed by atoms with Crippen molar-refractivity contribution < 1.29 is 5.11 Å². The van der Waals surface area contributed by atoms with Crippen molar-refractivity contribution in [1.82, 2.24) is 24.4 Å². The van der Waals surface area contributed by atoms with Crippen molar-refractivity contribution in [1.29, 1.82) is 0 Å². The third kappa shape index (κ3) is 4.53. The number of aryl methyl sites for hydroxylation is 1. The molecule has 1 aliphatic rings. The second-order valence-electron chi connectivity index (χ2n) is 9.16. The summed E-state index contributed by atoms with van der Waals surface area (Å²) in [5.41, 5.74) is 3.88. The molecule has 0 amide bonds. The van der Waals surface area contributed by atoms with Crippen LogP contribution in [0, 0.1) is 6.92 Å². The first-order chi connectivity index (χ1) is 16.0. The fraction of sp³-hybridized carbons (Fsp3) is 0.385. The molecule has 1 N–H and O–H groups in total. The average Bonchev–Trinajstić information content (AvgIpc) is 3.33. The molecule has 1 saturated heterocycles. The zero-order chi connectivity index (χ0) is 22.9. The van der Waals surface area contributed by atoms with Gasteiger partial charge in [-0.15, -0.1) is 5.10 Å². The van der Waals surface area contributed by atoms with Gasteiger partial charge < -0.3 is 5.11 Å². The summed E-state index contributed by atoms with van der Waals surface area (Å²) in [6.45, 7) is 11.1. The van der Waals surface area contributed by atoms with E-state index in [4.69, 9.17) is 0 Å². The van der Waals surface area contributed by atoms with E-state index in [-0.39, 0.29) is 11.9 Å². The standard InChI is InChI=1S/C26H31N5OS/c1-18(2)21-9-11-22(12-10-21)23(24-25(32)31-26(33-24)27-19(3)28-31)30-15-13-29(14-16-30)17-20-7-5-4-6-8-20/h4-12,18,23,32H,13-17H2,1-3H3/t23-/m1/s1. The normalized spacial score (nSPS) is 16.6. The number of aromatic hydroxyl groups is 1. The molecule has 1 atom stereocenters. The Bertz CT molecular complexity index is 1210. The van der Waals surface area contributed by atoms with Crippen LogP contribution in [-0.4, -0.2) is 55.7 Å². The second-order valence-corrected chi connectivity index (χ2v) is 10.2. The lowest BCUT2D eigenvalue weighted by Gasteiger charge is -2.39. The van der Waals surface area contributed by atoms with Gasteiger partial charge in [-0.3, -0.25) is 9.80 Å². The van der Waals surface area contributed by atoms with Gasteiger partial charge in [-0.2, -0.15) is 4.52 Å². The van der Waals surface area contributed by atoms with E-state index in [9.17, 15) is 5.11 Å². The SMILES string of the molecule is Cc1nc2sc([C@@H](c3ccc(C(C)C)cc3)N3CCN(Cc4ccccc4)CC3)c(O)n2n1. The fourth-order valence-corrected chi connectivity index (χ4v) is 5.80. The minimum atomic E-state index is -0.0149. The number of nitrogens with zero attached hydrogens (tertiary/aromatic N) is 5. The van der Waals surface area contributed by atoms with Gasteiger partial charge in [-0.1, -0.05) is 79.8 Å². The van der Waals surface area contributed by atoms with Crippen molar-refractivity contribution in [2.75, 3.05) is 26.2 Å². The van der Waals surface area contributed by atoms with Crippen molar-refractivity contribution in [2.45, 2.75) is 39.3 Å². The van der Waals surface area contributed by atoms with Crippen molar-refractivity contribution in [3.63, 3.8) is 0 Å². The Hall–Kier alpha value is -2.74. The largest absolute Gasteiger partial charge is 0.492 e. The molecule has 7 heteroatoms. The first-order valence-corrected chi connectivity index (χ1v) is 12.5. The summed E-state index contributed by atoms with van der Waals surface area (Å²) in [6.07, 6.45) is 0. The summed E-state index contributed by atoms with van der Waals surface area (Å²) >= 11 is 1.54. The van der Waals surface area contributed by atoms with Gasteiger partial charge in [0.15, 0.2) is 0 Å². The number of thiazole rings is 1. The topological polar surface area (TPSA) is 56.9 Å². The monoisotopic (exact) mass is 461 g/mol. The molecular weight excluding hydrogens is 430 g/mol. The van der Waals surface area contributed by atoms with E-state index in [2.05, 4.69) is 88.3 Å². The van der Waals surface area contributed by atoms with Crippen LogP contribution in [0.3, 0.4) is 0 Å². The third-order valence-corrected chi connectivity index (χ3v) is 7.57. The van der Waals surface area contributed by atoms with Crippen molar-refractivity contribution in [3.05, 3.63) is 82.0 Å². The van der Waals surface area contributed by atoms with Gasteiger partial charge in [0, 0.05) is 32.7 Å². The third-order valence-electron chi connectivity index (χ3n) is 6.49. The Balaban J connectivity index is 1.42. The molecule has 0 aliphatic carbocycles. The first kappa shape index (κ1) is 22.1. The molecule has 0 unspecified atom stereocenters. The predicted octanol–water partition coefficient (Wildman–Crippen LogP) is 4.84. The molecule has 4 aromatic rings. The molecule has 0 radical (unpaired) electrons. The van der Waals surface area contributed by atoms with E-state index in [1.807, 2.05) is 6.92 Å². The van der Waals surface area contributed by atoms with Crippen LogP contribution in [-0.2, 0) is 6.54 Å². The molecule has 33 heavy (non-hydrogen) atoms. The number of benzene rings is 2. The predicted molar refractivity (Wildman–Crippen MR) is 133 cm³/mol. The number of piperazine rings is 1. The lowest BCUT2D eigenvalue weighted by molar-refractivity contribution is 0.105. The van der Waals surface area contributed by atoms with E-state index in [0.717, 1.165) is 42.6 Å². The maximum atomic E-state index is 11.1. The van der Waals surface area contributed by atoms with Crippen molar-refractivity contribution >= 4 is 16.3 Å². The maximum absolute atomic E-state index is 11.1. The fourth-order valence-electron chi connectivity index (χ4n) is 4.64. The number of aromatic nitrogens is 3. The van der Waals surface area contributed by atoms with E-state index in [1.54, 1.807) is 4.52 Å². The van der Waals surface area contributed by atoms with Gasteiger partial charge in [-0.25, -0.2) is 4.98 Å². The highest BCUT2D eigenvalue weighted by molar-refractivity contribution is 7.17. The van der Waals surface area contributed by atoms with Crippen LogP contribution >= 0.6 is 11.3 Å². The molecular formula is C26H31N5OS. The van der Waals surface area contributed by atoms with E-state index >= 15 is 0 Å². The average molecular weight is 462 g/mol. The highest BCUT2D eigenvalue weighted by Gasteiger charge is 2.31. The molecule has 2 aromatic carbocycles. The van der Waals surface area contributed by atoms with Gasteiger partial charge in [0.25, 0.3) is 0 Å². The Kier molecular flexibility index (Phi) is 6.19. The number of hydrogen-bond acceptors (Lipinski definition) is 6. The molecule has 0 bridgehead atoms. The molecule has 1 aliphatic heterocycles. The summed E-state index contributed by atoms with van der Waals surface area (Å²) in [4.78, 5) is 11.2. The van der Waals surface area contributed by atoms with Crippen LogP contribution in [0.4, 0.5) is 0 Å². The van der Waals surface area contributed by atoms with Crippen molar-refractivity contribution in [3.8, 4) is 5.88 Å². The van der Waals surface area contributed by atoms with Gasteiger partial charge in [0.2, 0.25) is 10.8 Å². The summed E-state index contributed by atoms with van der Waals surface area (Å²) in [7, 11) is 0. The van der Waals surface area contributed by atoms with Crippen LogP contribution in [0.15, 0.2) is 54.6 Å². The summed E-state index contributed by atoms with van der Waals surface area (Å²) in [6, 6.07) is 19.5. The van der Waals surface area contributed by atoms with E-state index in [1.165, 1.54) is 28.0 Å². The molecule has 3 heterocycles. The van der Waals surface area contributed by atoms with Gasteiger partial charge in [0.1, 0.15) is 5.82 Å². The quantitative estimate of drug-likeness (QED) is 0.445. The van der Waals surface area contributed by atoms with Crippen LogP contribution < -0.4 is 0 Å². The van der Waals surface area contributed by atoms with Crippen LogP contribution in [0.5, 0.6) is 5.88 Å². The van der Waals surface area contributed by atoms with Crippen LogP contribution in [0.1, 0.15) is 53.2 Å². The summed E-state index contributed by atoms with van der Waals surface area (Å²) < 4.78 is 1.58.